The number of anilines is 1. The maximum absolute atomic E-state index is 6.17. The van der Waals surface area contributed by atoms with E-state index < -0.39 is 0 Å². The van der Waals surface area contributed by atoms with Crippen molar-refractivity contribution in [2.75, 3.05) is 18.6 Å². The van der Waals surface area contributed by atoms with Gasteiger partial charge in [0.05, 0.1) is 6.10 Å². The van der Waals surface area contributed by atoms with Gasteiger partial charge in [0.1, 0.15) is 5.82 Å². The van der Waals surface area contributed by atoms with Crippen LogP contribution in [0, 0.1) is 11.3 Å². The van der Waals surface area contributed by atoms with Crippen LogP contribution in [0.4, 0.5) is 5.82 Å². The summed E-state index contributed by atoms with van der Waals surface area (Å²) in [7, 11) is 2.11. The number of aromatic nitrogens is 4. The van der Waals surface area contributed by atoms with Crippen molar-refractivity contribution >= 4 is 34.7 Å². The minimum atomic E-state index is 0.0864. The average molecular weight is 418 g/mol. The number of hydrogen-bond donors (Lipinski definition) is 0. The maximum atomic E-state index is 6.17. The second kappa shape index (κ2) is 6.31. The zero-order valence-corrected chi connectivity index (χ0v) is 17.4. The normalized spacial score (nSPS) is 25.5. The first-order chi connectivity index (χ1) is 13.4. The van der Waals surface area contributed by atoms with Gasteiger partial charge in [-0.25, -0.2) is 0 Å². The zero-order chi connectivity index (χ0) is 19.6. The van der Waals surface area contributed by atoms with Gasteiger partial charge in [0, 0.05) is 46.6 Å². The molecule has 1 saturated heterocycles. The van der Waals surface area contributed by atoms with E-state index in [-0.39, 0.29) is 5.41 Å². The third-order valence-electron chi connectivity index (χ3n) is 6.19. The molecule has 3 atom stereocenters. The topological polar surface area (TPSA) is 55.6 Å². The van der Waals surface area contributed by atoms with Gasteiger partial charge < -0.3 is 9.64 Å². The Morgan fingerprint density at radius 2 is 1.89 bits per heavy atom. The van der Waals surface area contributed by atoms with Crippen LogP contribution in [0.5, 0.6) is 0 Å². The SMILES string of the molecule is CN(c1ccc2nnc(-c3cc(Cl)cc(Cl)c3)n2n1)C1C2CCOC2C1(C)C. The van der Waals surface area contributed by atoms with Gasteiger partial charge in [-0.2, -0.15) is 4.52 Å². The van der Waals surface area contributed by atoms with Gasteiger partial charge in [-0.05, 0) is 36.8 Å². The van der Waals surface area contributed by atoms with E-state index in [1.807, 2.05) is 24.3 Å². The van der Waals surface area contributed by atoms with Crippen LogP contribution in [0.1, 0.15) is 20.3 Å². The van der Waals surface area contributed by atoms with Gasteiger partial charge in [0.15, 0.2) is 11.5 Å². The summed E-state index contributed by atoms with van der Waals surface area (Å²) in [6, 6.07) is 9.65. The first kappa shape index (κ1) is 18.2. The number of nitrogens with zero attached hydrogens (tertiary/aromatic N) is 5. The summed E-state index contributed by atoms with van der Waals surface area (Å²) in [6.45, 7) is 5.40. The molecule has 2 fully saturated rings. The maximum Gasteiger partial charge on any atom is 0.185 e. The largest absolute Gasteiger partial charge is 0.377 e. The van der Waals surface area contributed by atoms with E-state index in [9.17, 15) is 0 Å². The van der Waals surface area contributed by atoms with Gasteiger partial charge in [0.25, 0.3) is 0 Å². The summed E-state index contributed by atoms with van der Waals surface area (Å²) in [5.74, 6) is 2.04. The predicted octanol–water partition coefficient (Wildman–Crippen LogP) is 4.35. The molecule has 5 rings (SSSR count). The monoisotopic (exact) mass is 417 g/mol. The van der Waals surface area contributed by atoms with Crippen molar-refractivity contribution in [2.45, 2.75) is 32.4 Å². The number of fused-ring (bicyclic) bond motifs is 2. The summed E-state index contributed by atoms with van der Waals surface area (Å²) < 4.78 is 7.70. The Labute approximate surface area is 173 Å². The van der Waals surface area contributed by atoms with E-state index >= 15 is 0 Å². The van der Waals surface area contributed by atoms with Gasteiger partial charge in [-0.3, -0.25) is 0 Å². The smallest absolute Gasteiger partial charge is 0.185 e. The highest BCUT2D eigenvalue weighted by Gasteiger charge is 2.61. The molecule has 2 aromatic heterocycles. The first-order valence-electron chi connectivity index (χ1n) is 9.39. The highest BCUT2D eigenvalue weighted by molar-refractivity contribution is 6.35. The minimum absolute atomic E-state index is 0.0864. The van der Waals surface area contributed by atoms with Gasteiger partial charge in [-0.1, -0.05) is 37.0 Å². The number of benzene rings is 1. The summed E-state index contributed by atoms with van der Waals surface area (Å²) in [4.78, 5) is 2.27. The van der Waals surface area contributed by atoms with Crippen molar-refractivity contribution in [3.8, 4) is 11.4 Å². The molecule has 1 aliphatic heterocycles. The Balaban J connectivity index is 1.55. The molecule has 0 spiro atoms. The van der Waals surface area contributed by atoms with Crippen LogP contribution in [0.2, 0.25) is 10.0 Å². The molecular formula is C20H21Cl2N5O. The van der Waals surface area contributed by atoms with E-state index in [1.54, 1.807) is 10.6 Å². The molecule has 1 saturated carbocycles. The van der Waals surface area contributed by atoms with E-state index in [0.29, 0.717) is 39.6 Å². The molecule has 0 amide bonds. The quantitative estimate of drug-likeness (QED) is 0.633. The van der Waals surface area contributed by atoms with Crippen molar-refractivity contribution in [2.24, 2.45) is 11.3 Å². The van der Waals surface area contributed by atoms with Crippen LogP contribution in [-0.4, -0.2) is 45.6 Å². The summed E-state index contributed by atoms with van der Waals surface area (Å²) in [5.41, 5.74) is 1.55. The number of rotatable bonds is 3. The minimum Gasteiger partial charge on any atom is -0.377 e. The lowest BCUT2D eigenvalue weighted by atomic mass is 9.57. The predicted molar refractivity (Wildman–Crippen MR) is 110 cm³/mol. The van der Waals surface area contributed by atoms with Crippen molar-refractivity contribution in [1.82, 2.24) is 19.8 Å². The van der Waals surface area contributed by atoms with Crippen molar-refractivity contribution in [3.05, 3.63) is 40.4 Å². The lowest BCUT2D eigenvalue weighted by Crippen LogP contribution is -2.66. The van der Waals surface area contributed by atoms with E-state index in [4.69, 9.17) is 33.0 Å². The standard InChI is InChI=1S/C20H21Cl2N5O/c1-20(2)17(14-6-7-28-18(14)20)26(3)16-5-4-15-23-24-19(27(15)25-16)11-8-12(21)10-13(22)9-11/h4-5,8-10,14,17-18H,6-7H2,1-3H3. The first-order valence-corrected chi connectivity index (χ1v) is 10.2. The fourth-order valence-corrected chi connectivity index (χ4v) is 5.58. The molecule has 1 aliphatic carbocycles. The lowest BCUT2D eigenvalue weighted by Gasteiger charge is -2.58. The molecule has 1 aromatic carbocycles. The van der Waals surface area contributed by atoms with Gasteiger partial charge in [-0.15, -0.1) is 15.3 Å². The fourth-order valence-electron chi connectivity index (χ4n) is 5.06. The molecule has 3 unspecified atom stereocenters. The summed E-state index contributed by atoms with van der Waals surface area (Å²) >= 11 is 12.3. The Morgan fingerprint density at radius 1 is 1.14 bits per heavy atom. The molecule has 3 heterocycles. The van der Waals surface area contributed by atoms with E-state index in [2.05, 4.69) is 36.0 Å². The van der Waals surface area contributed by atoms with Crippen molar-refractivity contribution in [3.63, 3.8) is 0 Å². The molecule has 3 aromatic rings. The van der Waals surface area contributed by atoms with Crippen molar-refractivity contribution in [1.29, 1.82) is 0 Å². The number of ether oxygens (including phenoxy) is 1. The van der Waals surface area contributed by atoms with Crippen LogP contribution in [0.25, 0.3) is 17.0 Å². The van der Waals surface area contributed by atoms with E-state index in [1.165, 1.54) is 0 Å². The van der Waals surface area contributed by atoms with Crippen molar-refractivity contribution < 1.29 is 4.74 Å². The summed E-state index contributed by atoms with van der Waals surface area (Å²) in [5, 5.41) is 14.5. The molecule has 2 aliphatic rings. The molecule has 0 N–H and O–H groups in total. The lowest BCUT2D eigenvalue weighted by molar-refractivity contribution is -0.101. The Bertz CT molecular complexity index is 1050. The molecular weight excluding hydrogens is 397 g/mol. The van der Waals surface area contributed by atoms with Crippen LogP contribution < -0.4 is 4.90 Å². The highest BCUT2D eigenvalue weighted by atomic mass is 35.5. The average Bonchev–Trinajstić information content (AvgIpc) is 3.25. The van der Waals surface area contributed by atoms with Gasteiger partial charge in [0.2, 0.25) is 0 Å². The summed E-state index contributed by atoms with van der Waals surface area (Å²) in [6.07, 6.45) is 1.44. The molecule has 28 heavy (non-hydrogen) atoms. The van der Waals surface area contributed by atoms with Gasteiger partial charge >= 0.3 is 0 Å². The van der Waals surface area contributed by atoms with Crippen LogP contribution in [0.3, 0.4) is 0 Å². The Hall–Kier alpha value is -1.89. The van der Waals surface area contributed by atoms with E-state index in [0.717, 1.165) is 24.4 Å². The molecule has 8 heteroatoms. The number of hydrogen-bond acceptors (Lipinski definition) is 5. The van der Waals surface area contributed by atoms with Crippen LogP contribution >= 0.6 is 23.2 Å². The second-order valence-corrected chi connectivity index (χ2v) is 9.14. The Kier molecular flexibility index (Phi) is 4.09. The third kappa shape index (κ3) is 2.62. The molecule has 0 bridgehead atoms. The van der Waals surface area contributed by atoms with Crippen LogP contribution in [-0.2, 0) is 4.74 Å². The Morgan fingerprint density at radius 3 is 2.64 bits per heavy atom. The fraction of sp³-hybridized carbons (Fsp3) is 0.450. The molecule has 6 nitrogen and oxygen atoms in total. The van der Waals surface area contributed by atoms with Crippen LogP contribution in [0.15, 0.2) is 30.3 Å². The number of halogens is 2. The zero-order valence-electron chi connectivity index (χ0n) is 15.9. The molecule has 146 valence electrons. The second-order valence-electron chi connectivity index (χ2n) is 8.26. The third-order valence-corrected chi connectivity index (χ3v) is 6.62. The molecule has 0 radical (unpaired) electrons. The highest BCUT2D eigenvalue weighted by Crippen LogP contribution is 2.54.